The number of carbonyl (C=O) groups is 3. The molecule has 0 bridgehead atoms. The van der Waals surface area contributed by atoms with Gasteiger partial charge in [-0.15, -0.1) is 0 Å². The van der Waals surface area contributed by atoms with E-state index in [0.717, 1.165) is 6.07 Å². The molecule has 0 heterocycles. The van der Waals surface area contributed by atoms with E-state index in [1.54, 1.807) is 38.1 Å². The molecule has 0 radical (unpaired) electrons. The molecule has 0 aliphatic carbocycles. The minimum absolute atomic E-state index is 0.243. The Morgan fingerprint density at radius 2 is 1.70 bits per heavy atom. The Kier molecular flexibility index (Phi) is 7.91. The highest BCUT2D eigenvalue weighted by molar-refractivity contribution is 6.00. The van der Waals surface area contributed by atoms with Gasteiger partial charge in [-0.25, -0.2) is 9.18 Å². The zero-order valence-electron chi connectivity index (χ0n) is 17.3. The van der Waals surface area contributed by atoms with Gasteiger partial charge < -0.3 is 20.1 Å². The van der Waals surface area contributed by atoms with Crippen LogP contribution in [0, 0.1) is 11.7 Å². The van der Waals surface area contributed by atoms with Gasteiger partial charge in [0.2, 0.25) is 0 Å². The molecule has 0 aliphatic heterocycles. The van der Waals surface area contributed by atoms with E-state index in [2.05, 4.69) is 10.6 Å². The second kappa shape index (κ2) is 10.4. The first kappa shape index (κ1) is 22.9. The minimum atomic E-state index is -1.15. The van der Waals surface area contributed by atoms with Crippen molar-refractivity contribution in [3.05, 3.63) is 59.9 Å². The average Bonchev–Trinajstić information content (AvgIpc) is 2.71. The third-order valence-electron chi connectivity index (χ3n) is 4.31. The summed E-state index contributed by atoms with van der Waals surface area (Å²) in [6.07, 6.45) is -1.15. The largest absolute Gasteiger partial charge is 0.496 e. The Morgan fingerprint density at radius 1 is 1.00 bits per heavy atom. The van der Waals surface area contributed by atoms with Crippen LogP contribution in [0.2, 0.25) is 0 Å². The lowest BCUT2D eigenvalue weighted by Crippen LogP contribution is -2.47. The predicted octanol–water partition coefficient (Wildman–Crippen LogP) is 3.16. The second-order valence-electron chi connectivity index (χ2n) is 6.97. The first-order valence-electron chi connectivity index (χ1n) is 9.43. The van der Waals surface area contributed by atoms with Crippen LogP contribution in [-0.2, 0) is 14.3 Å². The molecule has 0 saturated carbocycles. The molecule has 2 aromatic rings. The monoisotopic (exact) mass is 416 g/mol. The smallest absolute Gasteiger partial charge is 0.329 e. The van der Waals surface area contributed by atoms with Crippen molar-refractivity contribution in [2.75, 3.05) is 12.4 Å². The molecule has 0 fully saturated rings. The van der Waals surface area contributed by atoms with Crippen LogP contribution in [0.1, 0.15) is 31.1 Å². The maximum absolute atomic E-state index is 13.3. The van der Waals surface area contributed by atoms with Crippen molar-refractivity contribution in [1.29, 1.82) is 0 Å². The normalized spacial score (nSPS) is 12.6. The molecule has 2 aromatic carbocycles. The Labute approximate surface area is 174 Å². The summed E-state index contributed by atoms with van der Waals surface area (Å²) in [6, 6.07) is 11.0. The number of anilines is 1. The summed E-state index contributed by atoms with van der Waals surface area (Å²) in [5.41, 5.74) is 0.517. The highest BCUT2D eigenvalue weighted by Gasteiger charge is 2.30. The summed E-state index contributed by atoms with van der Waals surface area (Å²) in [5, 5.41) is 5.11. The summed E-state index contributed by atoms with van der Waals surface area (Å²) >= 11 is 0. The molecule has 160 valence electrons. The molecule has 0 aliphatic rings. The molecular weight excluding hydrogens is 391 g/mol. The van der Waals surface area contributed by atoms with Crippen LogP contribution in [0.4, 0.5) is 10.1 Å². The lowest BCUT2D eigenvalue weighted by Gasteiger charge is -2.23. The molecule has 0 unspecified atom stereocenters. The van der Waals surface area contributed by atoms with Crippen LogP contribution in [0.3, 0.4) is 0 Å². The van der Waals surface area contributed by atoms with Crippen molar-refractivity contribution in [1.82, 2.24) is 5.32 Å². The molecule has 7 nitrogen and oxygen atoms in total. The van der Waals surface area contributed by atoms with Gasteiger partial charge in [0.15, 0.2) is 6.10 Å². The van der Waals surface area contributed by atoms with Gasteiger partial charge >= 0.3 is 5.97 Å². The number of halogens is 1. The van der Waals surface area contributed by atoms with Crippen molar-refractivity contribution in [3.8, 4) is 5.75 Å². The molecule has 8 heteroatoms. The first-order valence-corrected chi connectivity index (χ1v) is 9.43. The molecule has 0 saturated heterocycles. The second-order valence-corrected chi connectivity index (χ2v) is 6.97. The summed E-state index contributed by atoms with van der Waals surface area (Å²) in [7, 11) is 1.44. The molecule has 0 aromatic heterocycles. The number of benzene rings is 2. The van der Waals surface area contributed by atoms with Crippen molar-refractivity contribution in [3.63, 3.8) is 0 Å². The highest BCUT2D eigenvalue weighted by atomic mass is 19.1. The Balaban J connectivity index is 2.04. The van der Waals surface area contributed by atoms with Gasteiger partial charge in [0.05, 0.1) is 12.7 Å². The van der Waals surface area contributed by atoms with E-state index in [1.807, 2.05) is 0 Å². The fourth-order valence-corrected chi connectivity index (χ4v) is 2.66. The van der Waals surface area contributed by atoms with E-state index in [0.29, 0.717) is 5.75 Å². The van der Waals surface area contributed by atoms with Gasteiger partial charge in [0.25, 0.3) is 11.8 Å². The standard InChI is InChI=1S/C22H25FN2O5/c1-13(2)19(25-21(27)17-10-5-6-11-18(17)29-4)22(28)30-14(3)20(26)24-16-9-7-8-15(23)12-16/h5-14,19H,1-4H3,(H,24,26)(H,25,27)/t14-,19-/m0/s1. The first-order chi connectivity index (χ1) is 14.2. The van der Waals surface area contributed by atoms with Gasteiger partial charge in [0, 0.05) is 5.69 Å². The molecule has 2 atom stereocenters. The molecule has 2 amide bonds. The van der Waals surface area contributed by atoms with E-state index >= 15 is 0 Å². The maximum atomic E-state index is 13.3. The van der Waals surface area contributed by atoms with E-state index in [9.17, 15) is 18.8 Å². The van der Waals surface area contributed by atoms with Gasteiger partial charge in [-0.05, 0) is 43.2 Å². The average molecular weight is 416 g/mol. The fraction of sp³-hybridized carbons (Fsp3) is 0.318. The maximum Gasteiger partial charge on any atom is 0.329 e. The number of hydrogen-bond acceptors (Lipinski definition) is 5. The van der Waals surface area contributed by atoms with E-state index in [-0.39, 0.29) is 17.2 Å². The Bertz CT molecular complexity index is 916. The lowest BCUT2D eigenvalue weighted by atomic mass is 10.0. The third kappa shape index (κ3) is 6.04. The van der Waals surface area contributed by atoms with Crippen LogP contribution < -0.4 is 15.4 Å². The topological polar surface area (TPSA) is 93.7 Å². The van der Waals surface area contributed by atoms with Crippen molar-refractivity contribution >= 4 is 23.5 Å². The van der Waals surface area contributed by atoms with Crippen molar-refractivity contribution in [2.45, 2.75) is 32.9 Å². The number of esters is 1. The number of rotatable bonds is 8. The van der Waals surface area contributed by atoms with Crippen LogP contribution in [0.25, 0.3) is 0 Å². The quantitative estimate of drug-likeness (QED) is 0.645. The summed E-state index contributed by atoms with van der Waals surface area (Å²) < 4.78 is 23.7. The summed E-state index contributed by atoms with van der Waals surface area (Å²) in [4.78, 5) is 37.5. The predicted molar refractivity (Wildman–Crippen MR) is 110 cm³/mol. The Morgan fingerprint density at radius 3 is 2.33 bits per heavy atom. The number of methoxy groups -OCH3 is 1. The van der Waals surface area contributed by atoms with Gasteiger partial charge in [-0.3, -0.25) is 9.59 Å². The zero-order valence-corrected chi connectivity index (χ0v) is 17.3. The Hall–Kier alpha value is -3.42. The van der Waals surface area contributed by atoms with Crippen molar-refractivity contribution in [2.24, 2.45) is 5.92 Å². The van der Waals surface area contributed by atoms with Gasteiger partial charge in [-0.2, -0.15) is 0 Å². The number of amides is 2. The third-order valence-corrected chi connectivity index (χ3v) is 4.31. The SMILES string of the molecule is COc1ccccc1C(=O)N[C@H](C(=O)O[C@@H](C)C(=O)Nc1cccc(F)c1)C(C)C. The summed E-state index contributed by atoms with van der Waals surface area (Å²) in [6.45, 7) is 4.88. The van der Waals surface area contributed by atoms with Crippen LogP contribution in [0.5, 0.6) is 5.75 Å². The summed E-state index contributed by atoms with van der Waals surface area (Å²) in [5.74, 6) is -2.30. The highest BCUT2D eigenvalue weighted by Crippen LogP contribution is 2.18. The van der Waals surface area contributed by atoms with Gasteiger partial charge in [0.1, 0.15) is 17.6 Å². The number of para-hydroxylation sites is 1. The number of hydrogen-bond donors (Lipinski definition) is 2. The molecule has 2 rings (SSSR count). The molecule has 30 heavy (non-hydrogen) atoms. The lowest BCUT2D eigenvalue weighted by molar-refractivity contribution is -0.156. The van der Waals surface area contributed by atoms with Crippen LogP contribution >= 0.6 is 0 Å². The zero-order chi connectivity index (χ0) is 22.3. The van der Waals surface area contributed by atoms with Gasteiger partial charge in [-0.1, -0.05) is 32.0 Å². The van der Waals surface area contributed by atoms with E-state index < -0.39 is 35.7 Å². The fourth-order valence-electron chi connectivity index (χ4n) is 2.66. The minimum Gasteiger partial charge on any atom is -0.496 e. The van der Waals surface area contributed by atoms with Crippen molar-refractivity contribution < 1.29 is 28.2 Å². The van der Waals surface area contributed by atoms with E-state index in [1.165, 1.54) is 32.2 Å². The van der Waals surface area contributed by atoms with Crippen LogP contribution in [-0.4, -0.2) is 37.0 Å². The molecular formula is C22H25FN2O5. The molecule has 0 spiro atoms. The van der Waals surface area contributed by atoms with Crippen LogP contribution in [0.15, 0.2) is 48.5 Å². The molecule has 2 N–H and O–H groups in total. The number of nitrogens with one attached hydrogen (secondary N) is 2. The number of carbonyl (C=O) groups excluding carboxylic acids is 3. The van der Waals surface area contributed by atoms with E-state index in [4.69, 9.17) is 9.47 Å². The number of ether oxygens (including phenoxy) is 2.